The summed E-state index contributed by atoms with van der Waals surface area (Å²) >= 11 is 6.31. The van der Waals surface area contributed by atoms with Crippen LogP contribution in [0.15, 0.2) is 59.5 Å². The maximum Gasteiger partial charge on any atom is 0.285 e. The summed E-state index contributed by atoms with van der Waals surface area (Å²) in [5.41, 5.74) is 4.11. The molecule has 0 bridgehead atoms. The van der Waals surface area contributed by atoms with Gasteiger partial charge in [0.15, 0.2) is 4.32 Å². The van der Waals surface area contributed by atoms with Gasteiger partial charge in [0.1, 0.15) is 0 Å². The number of aryl methyl sites for hydroxylation is 1. The third-order valence-corrected chi connectivity index (χ3v) is 5.90. The number of thioether (sulfide) groups is 1. The van der Waals surface area contributed by atoms with E-state index in [4.69, 9.17) is 12.2 Å². The maximum atomic E-state index is 12.8. The normalized spacial score (nSPS) is 15.2. The Morgan fingerprint density at radius 3 is 2.70 bits per heavy atom. The second kappa shape index (κ2) is 7.73. The van der Waals surface area contributed by atoms with E-state index in [0.717, 1.165) is 39.4 Å². The lowest BCUT2D eigenvalue weighted by molar-refractivity contribution is -0.384. The molecule has 4 rings (SSSR count). The number of nitrogens with one attached hydrogen (secondary N) is 1. The van der Waals surface area contributed by atoms with E-state index >= 15 is 0 Å². The fraction of sp³-hybridized carbons (Fsp3) is 0.0500. The molecule has 30 heavy (non-hydrogen) atoms. The molecule has 1 fully saturated rings. The lowest BCUT2D eigenvalue weighted by Crippen LogP contribution is -2.44. The summed E-state index contributed by atoms with van der Waals surface area (Å²) in [6.07, 6.45) is 1.72. The van der Waals surface area contributed by atoms with Crippen molar-refractivity contribution in [2.75, 3.05) is 0 Å². The van der Waals surface area contributed by atoms with Gasteiger partial charge in [0.2, 0.25) is 0 Å². The zero-order valence-corrected chi connectivity index (χ0v) is 17.2. The third-order valence-electron chi connectivity index (χ3n) is 4.59. The summed E-state index contributed by atoms with van der Waals surface area (Å²) in [7, 11) is 1.90. The maximum absolute atomic E-state index is 12.8. The SMILES string of the molecule is Cn1c(C=C2SC(=S)N(NC(=O)c3cccc([N+](=O)[O-])c3)C2=O)cc2ccccc21. The van der Waals surface area contributed by atoms with Crippen molar-refractivity contribution >= 4 is 62.8 Å². The van der Waals surface area contributed by atoms with Crippen molar-refractivity contribution in [1.82, 2.24) is 15.0 Å². The number of nitrogens with zero attached hydrogens (tertiary/aromatic N) is 3. The van der Waals surface area contributed by atoms with Gasteiger partial charge in [-0.05, 0) is 36.5 Å². The number of hydrogen-bond acceptors (Lipinski definition) is 6. The average Bonchev–Trinajstić information content (AvgIpc) is 3.19. The van der Waals surface area contributed by atoms with E-state index in [2.05, 4.69) is 5.43 Å². The van der Waals surface area contributed by atoms with Crippen LogP contribution in [0.5, 0.6) is 0 Å². The van der Waals surface area contributed by atoms with E-state index in [1.54, 1.807) is 6.08 Å². The van der Waals surface area contributed by atoms with Crippen LogP contribution in [0.1, 0.15) is 16.1 Å². The number of amides is 2. The standard InChI is InChI=1S/C20H14N4O4S2/c1-22-15(9-12-5-2-3-8-16(12)22)11-17-19(26)23(20(29)30-17)21-18(25)13-6-4-7-14(10-13)24(27)28/h2-11H,1H3,(H,21,25). The number of hydrazine groups is 1. The summed E-state index contributed by atoms with van der Waals surface area (Å²) in [5, 5.41) is 12.9. The molecule has 2 heterocycles. The Balaban J connectivity index is 1.57. The van der Waals surface area contributed by atoms with Crippen molar-refractivity contribution in [1.29, 1.82) is 0 Å². The van der Waals surface area contributed by atoms with Gasteiger partial charge in [-0.1, -0.05) is 36.0 Å². The molecule has 8 nitrogen and oxygen atoms in total. The fourth-order valence-electron chi connectivity index (χ4n) is 3.07. The van der Waals surface area contributed by atoms with E-state index < -0.39 is 16.7 Å². The quantitative estimate of drug-likeness (QED) is 0.289. The molecular weight excluding hydrogens is 424 g/mol. The Hall–Kier alpha value is -3.50. The number of para-hydroxylation sites is 1. The molecule has 2 aromatic carbocycles. The van der Waals surface area contributed by atoms with Gasteiger partial charge in [-0.2, -0.15) is 5.01 Å². The highest BCUT2D eigenvalue weighted by molar-refractivity contribution is 8.26. The predicted octanol–water partition coefficient (Wildman–Crippen LogP) is 3.63. The Morgan fingerprint density at radius 2 is 1.97 bits per heavy atom. The van der Waals surface area contributed by atoms with Gasteiger partial charge in [-0.25, -0.2) is 0 Å². The van der Waals surface area contributed by atoms with Crippen LogP contribution in [-0.2, 0) is 11.8 Å². The van der Waals surface area contributed by atoms with Gasteiger partial charge >= 0.3 is 0 Å². The van der Waals surface area contributed by atoms with Crippen LogP contribution in [0.3, 0.4) is 0 Å². The van der Waals surface area contributed by atoms with E-state index in [0.29, 0.717) is 4.91 Å². The summed E-state index contributed by atoms with van der Waals surface area (Å²) < 4.78 is 2.13. The second-order valence-electron chi connectivity index (χ2n) is 6.45. The van der Waals surface area contributed by atoms with Crippen molar-refractivity contribution in [2.45, 2.75) is 0 Å². The molecule has 0 spiro atoms. The number of benzene rings is 2. The number of carbonyl (C=O) groups is 2. The van der Waals surface area contributed by atoms with Gasteiger partial charge in [0.25, 0.3) is 17.5 Å². The fourth-order valence-corrected chi connectivity index (χ4v) is 4.24. The largest absolute Gasteiger partial charge is 0.344 e. The highest BCUT2D eigenvalue weighted by Crippen LogP contribution is 2.32. The predicted molar refractivity (Wildman–Crippen MR) is 118 cm³/mol. The summed E-state index contributed by atoms with van der Waals surface area (Å²) in [4.78, 5) is 36.0. The van der Waals surface area contributed by atoms with Crippen molar-refractivity contribution in [2.24, 2.45) is 7.05 Å². The van der Waals surface area contributed by atoms with Gasteiger partial charge < -0.3 is 4.57 Å². The first-order valence-electron chi connectivity index (χ1n) is 8.73. The highest BCUT2D eigenvalue weighted by Gasteiger charge is 2.34. The average molecular weight is 438 g/mol. The minimum atomic E-state index is -0.666. The molecule has 3 aromatic rings. The van der Waals surface area contributed by atoms with E-state index in [1.165, 1.54) is 18.2 Å². The lowest BCUT2D eigenvalue weighted by Gasteiger charge is -2.15. The Morgan fingerprint density at radius 1 is 1.20 bits per heavy atom. The number of thiocarbonyl (C=S) groups is 1. The molecule has 1 aliphatic rings. The third kappa shape index (κ3) is 3.58. The summed E-state index contributed by atoms with van der Waals surface area (Å²) in [6.45, 7) is 0. The number of carbonyl (C=O) groups excluding carboxylic acids is 2. The van der Waals surface area contributed by atoms with Crippen LogP contribution >= 0.6 is 24.0 Å². The molecule has 1 saturated heterocycles. The molecular formula is C20H14N4O4S2. The van der Waals surface area contributed by atoms with Crippen LogP contribution in [0.4, 0.5) is 5.69 Å². The Kier molecular flexibility index (Phi) is 5.10. The number of rotatable bonds is 4. The molecule has 150 valence electrons. The summed E-state index contributed by atoms with van der Waals surface area (Å²) in [6, 6.07) is 15.0. The van der Waals surface area contributed by atoms with E-state index in [9.17, 15) is 19.7 Å². The monoisotopic (exact) mass is 438 g/mol. The molecule has 0 radical (unpaired) electrons. The molecule has 2 amide bonds. The van der Waals surface area contributed by atoms with Crippen LogP contribution in [0.25, 0.3) is 17.0 Å². The van der Waals surface area contributed by atoms with Crippen LogP contribution in [0, 0.1) is 10.1 Å². The van der Waals surface area contributed by atoms with Gasteiger partial charge in [-0.3, -0.25) is 25.1 Å². The molecule has 1 aliphatic heterocycles. The highest BCUT2D eigenvalue weighted by atomic mass is 32.2. The smallest absolute Gasteiger partial charge is 0.285 e. The molecule has 0 atom stereocenters. The molecule has 1 N–H and O–H groups in total. The Bertz CT molecular complexity index is 1260. The number of fused-ring (bicyclic) bond motifs is 1. The number of aromatic nitrogens is 1. The zero-order chi connectivity index (χ0) is 21.4. The van der Waals surface area contributed by atoms with Gasteiger partial charge in [0.05, 0.1) is 9.83 Å². The first kappa shape index (κ1) is 19.8. The molecule has 0 unspecified atom stereocenters. The molecule has 1 aromatic heterocycles. The number of nitro groups is 1. The van der Waals surface area contributed by atoms with Gasteiger partial charge in [0, 0.05) is 41.3 Å². The lowest BCUT2D eigenvalue weighted by atomic mass is 10.2. The van der Waals surface area contributed by atoms with Crippen LogP contribution in [-0.4, -0.2) is 30.6 Å². The van der Waals surface area contributed by atoms with Crippen molar-refractivity contribution in [3.63, 3.8) is 0 Å². The minimum Gasteiger partial charge on any atom is -0.344 e. The molecule has 0 aliphatic carbocycles. The van der Waals surface area contributed by atoms with Crippen LogP contribution < -0.4 is 5.43 Å². The first-order valence-corrected chi connectivity index (χ1v) is 9.95. The van der Waals surface area contributed by atoms with Crippen molar-refractivity contribution < 1.29 is 14.5 Å². The molecule has 10 heteroatoms. The number of non-ortho nitro benzene ring substituents is 1. The van der Waals surface area contributed by atoms with Crippen molar-refractivity contribution in [3.8, 4) is 0 Å². The number of hydrogen-bond donors (Lipinski definition) is 1. The zero-order valence-electron chi connectivity index (χ0n) is 15.6. The number of nitro benzene ring substituents is 1. The van der Waals surface area contributed by atoms with Gasteiger partial charge in [-0.15, -0.1) is 0 Å². The summed E-state index contributed by atoms with van der Waals surface area (Å²) in [5.74, 6) is -1.13. The minimum absolute atomic E-state index is 0.0518. The van der Waals surface area contributed by atoms with Crippen LogP contribution in [0.2, 0.25) is 0 Å². The van der Waals surface area contributed by atoms with E-state index in [1.807, 2.05) is 41.9 Å². The second-order valence-corrected chi connectivity index (χ2v) is 8.13. The van der Waals surface area contributed by atoms with E-state index in [-0.39, 0.29) is 15.6 Å². The van der Waals surface area contributed by atoms with Crippen molar-refractivity contribution in [3.05, 3.63) is 80.9 Å². The topological polar surface area (TPSA) is 97.5 Å². The Labute approximate surface area is 180 Å². The molecule has 0 saturated carbocycles. The first-order chi connectivity index (χ1) is 14.3.